The van der Waals surface area contributed by atoms with Crippen molar-refractivity contribution in [2.24, 2.45) is 0 Å². The van der Waals surface area contributed by atoms with Crippen molar-refractivity contribution < 1.29 is 80.2 Å². The lowest BCUT2D eigenvalue weighted by molar-refractivity contribution is -0.161. The predicted molar refractivity (Wildman–Crippen MR) is 427 cm³/mol. The summed E-state index contributed by atoms with van der Waals surface area (Å²) < 4.78 is 68.7. The topological polar surface area (TPSA) is 237 Å². The fourth-order valence-electron chi connectivity index (χ4n) is 12.0. The Morgan fingerprint density at radius 1 is 0.269 bits per heavy atom. The lowest BCUT2D eigenvalue weighted by atomic mass is 10.0. The van der Waals surface area contributed by atoms with Gasteiger partial charge < -0.3 is 33.8 Å². The van der Waals surface area contributed by atoms with Crippen LogP contribution in [-0.4, -0.2) is 96.7 Å². The second kappa shape index (κ2) is 77.9. The second-order valence-electron chi connectivity index (χ2n) is 28.8. The van der Waals surface area contributed by atoms with Gasteiger partial charge in [-0.1, -0.05) is 345 Å². The number of phosphoric acid groups is 2. The van der Waals surface area contributed by atoms with E-state index in [9.17, 15) is 43.2 Å². The van der Waals surface area contributed by atoms with Crippen LogP contribution in [-0.2, 0) is 65.4 Å². The Balaban J connectivity index is 5.37. The summed E-state index contributed by atoms with van der Waals surface area (Å²) in [6.45, 7) is 4.88. The van der Waals surface area contributed by atoms with Gasteiger partial charge in [-0.25, -0.2) is 9.13 Å². The maximum Gasteiger partial charge on any atom is 0.472 e. The number of hydrogen-bond acceptors (Lipinski definition) is 15. The van der Waals surface area contributed by atoms with Gasteiger partial charge in [0.1, 0.15) is 19.3 Å². The third-order valence-corrected chi connectivity index (χ3v) is 20.4. The van der Waals surface area contributed by atoms with Crippen molar-refractivity contribution in [1.29, 1.82) is 0 Å². The molecule has 0 aromatic carbocycles. The Kier molecular flexibility index (Phi) is 75.5. The number of ether oxygens (including phenoxy) is 4. The number of carbonyl (C=O) groups excluding carboxylic acids is 4. The summed E-state index contributed by atoms with van der Waals surface area (Å²) in [5.74, 6) is -2.21. The Bertz CT molecular complexity index is 2200. The molecule has 17 nitrogen and oxygen atoms in total. The van der Waals surface area contributed by atoms with Crippen LogP contribution in [0.5, 0.6) is 0 Å². The molecule has 5 atom stereocenters. The van der Waals surface area contributed by atoms with Crippen molar-refractivity contribution in [1.82, 2.24) is 0 Å². The highest BCUT2D eigenvalue weighted by Crippen LogP contribution is 2.45. The van der Waals surface area contributed by atoms with E-state index in [1.807, 2.05) is 12.2 Å². The molecule has 3 N–H and O–H groups in total. The molecule has 0 radical (unpaired) electrons. The minimum Gasteiger partial charge on any atom is -0.462 e. The van der Waals surface area contributed by atoms with Crippen LogP contribution in [0.2, 0.25) is 0 Å². The Labute approximate surface area is 635 Å². The average molecular weight is 1510 g/mol. The summed E-state index contributed by atoms with van der Waals surface area (Å²) in [6.07, 6.45) is 79.0. The molecule has 2 unspecified atom stereocenters. The minimum absolute atomic E-state index is 0.0904. The monoisotopic (exact) mass is 1510 g/mol. The summed E-state index contributed by atoms with van der Waals surface area (Å²) >= 11 is 0. The molecule has 19 heteroatoms. The first-order valence-corrected chi connectivity index (χ1v) is 45.5. The summed E-state index contributed by atoms with van der Waals surface area (Å²) in [4.78, 5) is 73.1. The Hall–Kier alpha value is -3.24. The molecular weight excluding hydrogens is 1350 g/mol. The van der Waals surface area contributed by atoms with Crippen LogP contribution in [0, 0.1) is 0 Å². The molecule has 0 aliphatic rings. The number of aliphatic hydroxyl groups excluding tert-OH is 1. The fourth-order valence-corrected chi connectivity index (χ4v) is 13.6. The maximum absolute atomic E-state index is 13.1. The van der Waals surface area contributed by atoms with Crippen molar-refractivity contribution in [3.05, 3.63) is 60.8 Å². The van der Waals surface area contributed by atoms with E-state index in [1.165, 1.54) is 199 Å². The van der Waals surface area contributed by atoms with Gasteiger partial charge in [-0.2, -0.15) is 0 Å². The van der Waals surface area contributed by atoms with Crippen LogP contribution >= 0.6 is 15.6 Å². The highest BCUT2D eigenvalue weighted by atomic mass is 31.2. The van der Waals surface area contributed by atoms with E-state index in [0.29, 0.717) is 32.1 Å². The molecule has 0 amide bonds. The smallest absolute Gasteiger partial charge is 0.462 e. The summed E-state index contributed by atoms with van der Waals surface area (Å²) in [5.41, 5.74) is 0. The molecule has 0 spiro atoms. The number of allylic oxidation sites excluding steroid dienone is 10. The molecule has 0 aromatic heterocycles. The van der Waals surface area contributed by atoms with Gasteiger partial charge in [0.15, 0.2) is 12.2 Å². The average Bonchev–Trinajstić information content (AvgIpc) is 0.926. The van der Waals surface area contributed by atoms with Crippen LogP contribution in [0.1, 0.15) is 400 Å². The molecule has 0 heterocycles. The van der Waals surface area contributed by atoms with Gasteiger partial charge in [-0.3, -0.25) is 37.3 Å². The molecule has 0 saturated heterocycles. The van der Waals surface area contributed by atoms with Crippen LogP contribution in [0.15, 0.2) is 60.8 Å². The van der Waals surface area contributed by atoms with Gasteiger partial charge in [0, 0.05) is 25.7 Å². The standard InChI is InChI=1S/C85H156O17P2/c1-5-9-13-17-21-25-29-33-37-39-43-46-50-54-58-62-66-70-83(88)96-76-81(102-85(90)72-68-64-60-56-52-48-44-40-38-34-30-26-22-18-14-10-6-2)78-100-104(93,94)98-74-79(86)73-97-103(91,92)99-77-80(101-84(89)71-67-63-59-55-51-47-42-36-32-28-24-20-16-12-8-4)75-95-82(87)69-65-61-57-53-49-45-41-35-31-27-23-19-15-11-7-3/h21,25,33,35,37,41,43,46,54,58,79-81,86H,5-20,22-24,26-32,34,36,38-40,42,44-45,47-53,55-57,59-78H2,1-4H3,(H,91,92)(H,93,94)/b25-21-,37-33-,41-35-,46-43-,58-54-/t79-,80+,81+/m0/s1. The van der Waals surface area contributed by atoms with Crippen LogP contribution in [0.25, 0.3) is 0 Å². The molecule has 0 rings (SSSR count). The first kappa shape index (κ1) is 101. The molecule has 0 aliphatic heterocycles. The van der Waals surface area contributed by atoms with Crippen LogP contribution in [0.4, 0.5) is 0 Å². The van der Waals surface area contributed by atoms with Gasteiger partial charge in [0.25, 0.3) is 0 Å². The number of carbonyl (C=O) groups is 4. The second-order valence-corrected chi connectivity index (χ2v) is 31.7. The van der Waals surface area contributed by atoms with Crippen molar-refractivity contribution in [2.45, 2.75) is 418 Å². The summed E-state index contributed by atoms with van der Waals surface area (Å²) in [5, 5.41) is 10.7. The molecule has 608 valence electrons. The lowest BCUT2D eigenvalue weighted by Crippen LogP contribution is -2.30. The van der Waals surface area contributed by atoms with Crippen molar-refractivity contribution >= 4 is 39.5 Å². The third-order valence-electron chi connectivity index (χ3n) is 18.5. The summed E-state index contributed by atoms with van der Waals surface area (Å²) in [6, 6.07) is 0. The largest absolute Gasteiger partial charge is 0.472 e. The fraction of sp³-hybridized carbons (Fsp3) is 0.835. The summed E-state index contributed by atoms with van der Waals surface area (Å²) in [7, 11) is -9.96. The maximum atomic E-state index is 13.1. The Morgan fingerprint density at radius 3 is 0.788 bits per heavy atom. The molecule has 0 saturated carbocycles. The zero-order chi connectivity index (χ0) is 76.0. The number of esters is 4. The molecule has 0 bridgehead atoms. The zero-order valence-electron chi connectivity index (χ0n) is 66.7. The van der Waals surface area contributed by atoms with Crippen LogP contribution in [0.3, 0.4) is 0 Å². The predicted octanol–water partition coefficient (Wildman–Crippen LogP) is 25.0. The van der Waals surface area contributed by atoms with Crippen molar-refractivity contribution in [3.63, 3.8) is 0 Å². The third kappa shape index (κ3) is 76.9. The highest BCUT2D eigenvalue weighted by Gasteiger charge is 2.30. The molecule has 104 heavy (non-hydrogen) atoms. The number of phosphoric ester groups is 2. The first-order valence-electron chi connectivity index (χ1n) is 42.5. The van der Waals surface area contributed by atoms with Gasteiger partial charge in [0.05, 0.1) is 26.4 Å². The SMILES string of the molecule is CCCCC/C=C\C/C=C\C/C=C\C/C=C\CCCC(=O)OC[C@H](COP(=O)(O)OC[C@@H](O)COP(=O)(O)OC[C@@H](COC(=O)CCCCCCC/C=C\CCCCCCCC)OC(=O)CCCCCCCCCCCCCCCCC)OC(=O)CCCCCCCCCCCCCCCCCCC. The molecular formula is C85H156O17P2. The van der Waals surface area contributed by atoms with E-state index in [-0.39, 0.29) is 25.7 Å². The number of rotatable bonds is 81. The Morgan fingerprint density at radius 2 is 0.481 bits per heavy atom. The van der Waals surface area contributed by atoms with E-state index in [0.717, 1.165) is 116 Å². The number of unbranched alkanes of at least 4 members (excludes halogenated alkanes) is 45. The highest BCUT2D eigenvalue weighted by molar-refractivity contribution is 7.47. The number of hydrogen-bond donors (Lipinski definition) is 3. The molecule has 0 aliphatic carbocycles. The first-order chi connectivity index (χ1) is 50.7. The van der Waals surface area contributed by atoms with E-state index in [2.05, 4.69) is 76.3 Å². The lowest BCUT2D eigenvalue weighted by Gasteiger charge is -2.21. The van der Waals surface area contributed by atoms with E-state index >= 15 is 0 Å². The zero-order valence-corrected chi connectivity index (χ0v) is 68.5. The molecule has 0 fully saturated rings. The van der Waals surface area contributed by atoms with Gasteiger partial charge >= 0.3 is 39.5 Å². The number of aliphatic hydroxyl groups is 1. The van der Waals surface area contributed by atoms with Gasteiger partial charge in [-0.05, 0) is 89.9 Å². The van der Waals surface area contributed by atoms with Crippen LogP contribution < -0.4 is 0 Å². The van der Waals surface area contributed by atoms with Gasteiger partial charge in [0.2, 0.25) is 0 Å². The van der Waals surface area contributed by atoms with E-state index in [4.69, 9.17) is 37.0 Å². The quantitative estimate of drug-likeness (QED) is 0.0169. The van der Waals surface area contributed by atoms with Crippen molar-refractivity contribution in [3.8, 4) is 0 Å². The normalized spacial score (nSPS) is 14.1. The molecule has 0 aromatic rings. The minimum atomic E-state index is -4.98. The van der Waals surface area contributed by atoms with E-state index in [1.54, 1.807) is 0 Å². The van der Waals surface area contributed by atoms with Crippen molar-refractivity contribution in [2.75, 3.05) is 39.6 Å². The van der Waals surface area contributed by atoms with Gasteiger partial charge in [-0.15, -0.1) is 0 Å². The van der Waals surface area contributed by atoms with E-state index < -0.39 is 97.5 Å².